The lowest BCUT2D eigenvalue weighted by Gasteiger charge is -2.16. The summed E-state index contributed by atoms with van der Waals surface area (Å²) >= 11 is 0. The molecule has 1 fully saturated rings. The molecule has 2 aliphatic rings. The van der Waals surface area contributed by atoms with Crippen LogP contribution in [0.4, 0.5) is 14.9 Å². The summed E-state index contributed by atoms with van der Waals surface area (Å²) in [6, 6.07) is 10.7. The van der Waals surface area contributed by atoms with E-state index >= 15 is 0 Å². The highest BCUT2D eigenvalue weighted by Gasteiger charge is 2.30. The van der Waals surface area contributed by atoms with Crippen LogP contribution < -0.4 is 16.4 Å². The SMILES string of the molecule is C[C@H]1CN(c2ccc(-c3ccc4c(c3)CN(/C(N)=C/N)C4)c(F)c2)C(=O)O1. The van der Waals surface area contributed by atoms with Crippen LogP contribution in [-0.2, 0) is 17.8 Å². The van der Waals surface area contributed by atoms with Crippen molar-refractivity contribution in [2.24, 2.45) is 11.5 Å². The number of hydrogen-bond donors (Lipinski definition) is 2. The van der Waals surface area contributed by atoms with Gasteiger partial charge in [-0.05, 0) is 47.9 Å². The van der Waals surface area contributed by atoms with Gasteiger partial charge in [0.25, 0.3) is 0 Å². The van der Waals surface area contributed by atoms with Crippen molar-refractivity contribution in [1.29, 1.82) is 0 Å². The van der Waals surface area contributed by atoms with E-state index in [4.69, 9.17) is 16.2 Å². The van der Waals surface area contributed by atoms with E-state index in [0.29, 0.717) is 36.7 Å². The number of cyclic esters (lactones) is 1. The minimum atomic E-state index is -0.446. The number of nitrogens with two attached hydrogens (primary N) is 2. The van der Waals surface area contributed by atoms with Crippen molar-refractivity contribution in [2.75, 3.05) is 11.4 Å². The van der Waals surface area contributed by atoms with Gasteiger partial charge in [-0.3, -0.25) is 4.90 Å². The average Bonchev–Trinajstić information content (AvgIpc) is 3.22. The number of hydrogen-bond acceptors (Lipinski definition) is 5. The molecule has 140 valence electrons. The van der Waals surface area contributed by atoms with E-state index in [-0.39, 0.29) is 11.9 Å². The second-order valence-electron chi connectivity index (χ2n) is 6.90. The van der Waals surface area contributed by atoms with Gasteiger partial charge in [0.1, 0.15) is 17.7 Å². The van der Waals surface area contributed by atoms with E-state index in [9.17, 15) is 9.18 Å². The highest BCUT2D eigenvalue weighted by molar-refractivity contribution is 5.90. The number of fused-ring (bicyclic) bond motifs is 1. The molecule has 0 saturated carbocycles. The second-order valence-corrected chi connectivity index (χ2v) is 6.90. The molecule has 27 heavy (non-hydrogen) atoms. The van der Waals surface area contributed by atoms with Gasteiger partial charge >= 0.3 is 6.09 Å². The van der Waals surface area contributed by atoms with Crippen molar-refractivity contribution in [3.05, 3.63) is 65.4 Å². The molecule has 4 rings (SSSR count). The maximum Gasteiger partial charge on any atom is 0.414 e. The predicted octanol–water partition coefficient (Wildman–Crippen LogP) is 2.87. The van der Waals surface area contributed by atoms with Crippen LogP contribution in [0.2, 0.25) is 0 Å². The van der Waals surface area contributed by atoms with Crippen LogP contribution >= 0.6 is 0 Å². The number of anilines is 1. The van der Waals surface area contributed by atoms with Gasteiger partial charge in [0.15, 0.2) is 0 Å². The zero-order valence-corrected chi connectivity index (χ0v) is 15.0. The summed E-state index contributed by atoms with van der Waals surface area (Å²) in [6.45, 7) is 3.55. The molecule has 0 radical (unpaired) electrons. The van der Waals surface area contributed by atoms with Crippen molar-refractivity contribution >= 4 is 11.8 Å². The van der Waals surface area contributed by atoms with Gasteiger partial charge in [0, 0.05) is 24.9 Å². The number of nitrogens with zero attached hydrogens (tertiary/aromatic N) is 2. The zero-order valence-electron chi connectivity index (χ0n) is 15.0. The standard InChI is InChI=1S/C20H21FN4O2/c1-12-9-25(20(26)27-12)16-4-5-17(18(21)7-16)13-2-3-14-10-24(19(23)8-22)11-15(14)6-13/h2-8,12H,9-11,22-23H2,1H3/b19-8+/t12-/m0/s1. The lowest BCUT2D eigenvalue weighted by molar-refractivity contribution is 0.150. The summed E-state index contributed by atoms with van der Waals surface area (Å²) in [5.74, 6) is 0.144. The number of amides is 1. The largest absolute Gasteiger partial charge is 0.444 e. The van der Waals surface area contributed by atoms with Crippen LogP contribution in [0.25, 0.3) is 11.1 Å². The fraction of sp³-hybridized carbons (Fsp3) is 0.250. The fourth-order valence-corrected chi connectivity index (χ4v) is 3.57. The van der Waals surface area contributed by atoms with Crippen molar-refractivity contribution in [3.8, 4) is 11.1 Å². The van der Waals surface area contributed by atoms with Crippen molar-refractivity contribution in [3.63, 3.8) is 0 Å². The lowest BCUT2D eigenvalue weighted by Crippen LogP contribution is -2.24. The third kappa shape index (κ3) is 3.05. The number of carbonyl (C=O) groups is 1. The summed E-state index contributed by atoms with van der Waals surface area (Å²) in [5, 5.41) is 0. The molecule has 2 aromatic rings. The summed E-state index contributed by atoms with van der Waals surface area (Å²) in [7, 11) is 0. The Balaban J connectivity index is 1.61. The molecule has 2 aromatic carbocycles. The minimum Gasteiger partial charge on any atom is -0.444 e. The first-order valence-corrected chi connectivity index (χ1v) is 8.78. The van der Waals surface area contributed by atoms with Gasteiger partial charge in [-0.1, -0.05) is 12.1 Å². The van der Waals surface area contributed by atoms with Crippen LogP contribution in [0, 0.1) is 5.82 Å². The first-order valence-electron chi connectivity index (χ1n) is 8.78. The molecule has 2 aliphatic heterocycles. The smallest absolute Gasteiger partial charge is 0.414 e. The quantitative estimate of drug-likeness (QED) is 0.870. The van der Waals surface area contributed by atoms with Gasteiger partial charge in [-0.15, -0.1) is 0 Å². The molecule has 0 unspecified atom stereocenters. The Kier molecular flexibility index (Phi) is 4.14. The average molecular weight is 368 g/mol. The molecular weight excluding hydrogens is 347 g/mol. The maximum absolute atomic E-state index is 14.8. The Hall–Kier alpha value is -3.22. The van der Waals surface area contributed by atoms with Crippen molar-refractivity contribution in [2.45, 2.75) is 26.1 Å². The van der Waals surface area contributed by atoms with E-state index in [1.807, 2.05) is 30.0 Å². The number of carbonyl (C=O) groups excluding carboxylic acids is 1. The number of benzene rings is 2. The number of halogens is 1. The second kappa shape index (κ2) is 6.50. The molecule has 0 spiro atoms. The lowest BCUT2D eigenvalue weighted by atomic mass is 10.00. The normalized spacial score (nSPS) is 19.4. The van der Waals surface area contributed by atoms with Crippen LogP contribution in [-0.4, -0.2) is 23.6 Å². The first kappa shape index (κ1) is 17.2. The van der Waals surface area contributed by atoms with Gasteiger partial charge < -0.3 is 21.1 Å². The third-order valence-corrected chi connectivity index (χ3v) is 5.00. The molecule has 7 heteroatoms. The van der Waals surface area contributed by atoms with Crippen LogP contribution in [0.3, 0.4) is 0 Å². The van der Waals surface area contributed by atoms with Gasteiger partial charge in [-0.2, -0.15) is 0 Å². The molecule has 6 nitrogen and oxygen atoms in total. The monoisotopic (exact) mass is 368 g/mol. The molecule has 0 bridgehead atoms. The Morgan fingerprint density at radius 3 is 2.67 bits per heavy atom. The van der Waals surface area contributed by atoms with Gasteiger partial charge in [0.2, 0.25) is 0 Å². The molecule has 1 atom stereocenters. The third-order valence-electron chi connectivity index (χ3n) is 5.00. The highest BCUT2D eigenvalue weighted by Crippen LogP contribution is 2.33. The molecule has 1 amide bonds. The summed E-state index contributed by atoms with van der Waals surface area (Å²) in [6.07, 6.45) is 0.739. The maximum atomic E-state index is 14.8. The van der Waals surface area contributed by atoms with Crippen molar-refractivity contribution < 1.29 is 13.9 Å². The van der Waals surface area contributed by atoms with Gasteiger partial charge in [-0.25, -0.2) is 9.18 Å². The van der Waals surface area contributed by atoms with E-state index in [1.165, 1.54) is 17.2 Å². The van der Waals surface area contributed by atoms with E-state index in [1.54, 1.807) is 12.1 Å². The summed E-state index contributed by atoms with van der Waals surface area (Å²) < 4.78 is 19.9. The first-order chi connectivity index (χ1) is 13.0. The molecule has 4 N–H and O–H groups in total. The summed E-state index contributed by atoms with van der Waals surface area (Å²) in [4.78, 5) is 15.3. The molecular formula is C20H21FN4O2. The van der Waals surface area contributed by atoms with E-state index in [2.05, 4.69) is 0 Å². The van der Waals surface area contributed by atoms with Gasteiger partial charge in [0.05, 0.1) is 12.2 Å². The Morgan fingerprint density at radius 2 is 2.00 bits per heavy atom. The van der Waals surface area contributed by atoms with E-state index in [0.717, 1.165) is 16.7 Å². The van der Waals surface area contributed by atoms with E-state index < -0.39 is 6.09 Å². The summed E-state index contributed by atoms with van der Waals surface area (Å²) in [5.41, 5.74) is 15.4. The zero-order chi connectivity index (χ0) is 19.1. The van der Waals surface area contributed by atoms with Crippen LogP contribution in [0.1, 0.15) is 18.1 Å². The molecule has 0 aliphatic carbocycles. The molecule has 2 heterocycles. The Bertz CT molecular complexity index is 944. The van der Waals surface area contributed by atoms with Crippen LogP contribution in [0.5, 0.6) is 0 Å². The highest BCUT2D eigenvalue weighted by atomic mass is 19.1. The molecule has 1 saturated heterocycles. The predicted molar refractivity (Wildman–Crippen MR) is 101 cm³/mol. The number of ether oxygens (including phenoxy) is 1. The fourth-order valence-electron chi connectivity index (χ4n) is 3.57. The minimum absolute atomic E-state index is 0.199. The molecule has 0 aromatic heterocycles. The van der Waals surface area contributed by atoms with Crippen LogP contribution in [0.15, 0.2) is 48.4 Å². The number of rotatable bonds is 3. The van der Waals surface area contributed by atoms with Crippen molar-refractivity contribution in [1.82, 2.24) is 4.90 Å². The Labute approximate surface area is 156 Å². The Morgan fingerprint density at radius 1 is 1.22 bits per heavy atom. The topological polar surface area (TPSA) is 84.8 Å².